The zero-order valence-corrected chi connectivity index (χ0v) is 15.3. The zero-order chi connectivity index (χ0) is 16.2. The van der Waals surface area contributed by atoms with Crippen molar-refractivity contribution >= 4 is 35.8 Å². The fourth-order valence-electron chi connectivity index (χ4n) is 2.93. The van der Waals surface area contributed by atoms with Crippen molar-refractivity contribution in [2.75, 3.05) is 5.32 Å². The number of nitrogens with zero attached hydrogens (tertiary/aromatic N) is 2. The van der Waals surface area contributed by atoms with Crippen LogP contribution in [0.5, 0.6) is 0 Å². The van der Waals surface area contributed by atoms with Gasteiger partial charge in [0.25, 0.3) is 0 Å². The van der Waals surface area contributed by atoms with E-state index in [1.807, 2.05) is 42.1 Å². The molecule has 2 atom stereocenters. The molecule has 1 aliphatic carbocycles. The van der Waals surface area contributed by atoms with Gasteiger partial charge in [-0.25, -0.2) is 4.98 Å². The highest BCUT2D eigenvalue weighted by molar-refractivity contribution is 7.99. The van der Waals surface area contributed by atoms with Crippen molar-refractivity contribution in [3.05, 3.63) is 36.7 Å². The van der Waals surface area contributed by atoms with E-state index in [1.165, 1.54) is 0 Å². The second kappa shape index (κ2) is 8.55. The molecule has 1 aromatic heterocycles. The van der Waals surface area contributed by atoms with E-state index in [0.717, 1.165) is 35.0 Å². The first-order valence-electron chi connectivity index (χ1n) is 7.92. The molecular formula is C17H23ClN4OS. The average molecular weight is 367 g/mol. The molecule has 1 aromatic carbocycles. The molecule has 24 heavy (non-hydrogen) atoms. The number of imidazole rings is 1. The van der Waals surface area contributed by atoms with Gasteiger partial charge in [0.15, 0.2) is 5.16 Å². The van der Waals surface area contributed by atoms with Crippen molar-refractivity contribution in [2.24, 2.45) is 18.7 Å². The zero-order valence-electron chi connectivity index (χ0n) is 13.6. The van der Waals surface area contributed by atoms with Crippen LogP contribution >= 0.6 is 24.2 Å². The number of rotatable bonds is 5. The number of carbonyl (C=O) groups excluding carboxylic acids is 1. The minimum Gasteiger partial charge on any atom is -0.329 e. The van der Waals surface area contributed by atoms with Crippen LogP contribution in [0.3, 0.4) is 0 Å². The first-order chi connectivity index (χ1) is 11.1. The molecule has 7 heteroatoms. The van der Waals surface area contributed by atoms with E-state index in [0.29, 0.717) is 12.3 Å². The lowest BCUT2D eigenvalue weighted by Crippen LogP contribution is -2.28. The van der Waals surface area contributed by atoms with Gasteiger partial charge in [-0.15, -0.1) is 12.4 Å². The number of hydrogen-bond acceptors (Lipinski definition) is 4. The fourth-order valence-corrected chi connectivity index (χ4v) is 3.73. The molecule has 0 aliphatic heterocycles. The molecule has 3 N–H and O–H groups in total. The number of amides is 1. The van der Waals surface area contributed by atoms with E-state index >= 15 is 0 Å². The molecule has 1 aliphatic rings. The predicted octanol–water partition coefficient (Wildman–Crippen LogP) is 3.45. The van der Waals surface area contributed by atoms with Gasteiger partial charge in [0.1, 0.15) is 0 Å². The lowest BCUT2D eigenvalue weighted by molar-refractivity contribution is -0.117. The van der Waals surface area contributed by atoms with Crippen molar-refractivity contribution in [1.82, 2.24) is 9.55 Å². The Morgan fingerprint density at radius 2 is 2.12 bits per heavy atom. The Morgan fingerprint density at radius 1 is 1.38 bits per heavy atom. The first-order valence-corrected chi connectivity index (χ1v) is 8.74. The summed E-state index contributed by atoms with van der Waals surface area (Å²) in [5.74, 6) is 0.380. The largest absolute Gasteiger partial charge is 0.329 e. The maximum Gasteiger partial charge on any atom is 0.224 e. The molecule has 1 amide bonds. The van der Waals surface area contributed by atoms with Crippen LogP contribution in [0.1, 0.15) is 25.7 Å². The normalized spacial score (nSPS) is 19.8. The molecule has 0 saturated heterocycles. The van der Waals surface area contributed by atoms with Crippen LogP contribution in [0.4, 0.5) is 5.69 Å². The predicted molar refractivity (Wildman–Crippen MR) is 99.6 cm³/mol. The van der Waals surface area contributed by atoms with Crippen LogP contribution < -0.4 is 11.1 Å². The second-order valence-corrected chi connectivity index (χ2v) is 7.09. The summed E-state index contributed by atoms with van der Waals surface area (Å²) in [6.45, 7) is 0. The molecule has 2 aromatic rings. The first kappa shape index (κ1) is 18.8. The van der Waals surface area contributed by atoms with Gasteiger partial charge in [0.2, 0.25) is 5.91 Å². The molecule has 5 nitrogen and oxygen atoms in total. The van der Waals surface area contributed by atoms with Gasteiger partial charge in [0.05, 0.1) is 0 Å². The van der Waals surface area contributed by atoms with Gasteiger partial charge in [-0.3, -0.25) is 4.79 Å². The van der Waals surface area contributed by atoms with E-state index in [4.69, 9.17) is 5.73 Å². The van der Waals surface area contributed by atoms with Crippen molar-refractivity contribution in [2.45, 2.75) is 41.8 Å². The van der Waals surface area contributed by atoms with Crippen LogP contribution in [0.15, 0.2) is 46.7 Å². The number of anilines is 1. The summed E-state index contributed by atoms with van der Waals surface area (Å²) in [5, 5.41) is 3.90. The highest BCUT2D eigenvalue weighted by Gasteiger charge is 2.25. The monoisotopic (exact) mass is 366 g/mol. The molecular weight excluding hydrogens is 344 g/mol. The quantitative estimate of drug-likeness (QED) is 0.850. The van der Waals surface area contributed by atoms with Crippen LogP contribution in [0.2, 0.25) is 0 Å². The molecule has 0 radical (unpaired) electrons. The van der Waals surface area contributed by atoms with E-state index in [2.05, 4.69) is 10.3 Å². The van der Waals surface area contributed by atoms with E-state index in [9.17, 15) is 4.79 Å². The minimum absolute atomic E-state index is 0. The molecule has 130 valence electrons. The Kier molecular flexibility index (Phi) is 6.71. The number of nitrogens with one attached hydrogen (secondary N) is 1. The van der Waals surface area contributed by atoms with Crippen molar-refractivity contribution in [3.63, 3.8) is 0 Å². The Morgan fingerprint density at radius 3 is 2.71 bits per heavy atom. The summed E-state index contributed by atoms with van der Waals surface area (Å²) in [7, 11) is 1.97. The molecule has 1 saturated carbocycles. The number of halogens is 1. The van der Waals surface area contributed by atoms with Gasteiger partial charge in [-0.2, -0.15) is 0 Å². The molecule has 0 bridgehead atoms. The molecule has 1 fully saturated rings. The van der Waals surface area contributed by atoms with E-state index in [-0.39, 0.29) is 24.4 Å². The lowest BCUT2D eigenvalue weighted by Gasteiger charge is -2.14. The summed E-state index contributed by atoms with van der Waals surface area (Å²) in [6.07, 6.45) is 7.46. The van der Waals surface area contributed by atoms with Gasteiger partial charge < -0.3 is 15.6 Å². The highest BCUT2D eigenvalue weighted by Crippen LogP contribution is 2.28. The van der Waals surface area contributed by atoms with Gasteiger partial charge in [-0.05, 0) is 43.0 Å². The Labute approximate surface area is 152 Å². The number of hydrogen-bond donors (Lipinski definition) is 2. The van der Waals surface area contributed by atoms with Gasteiger partial charge in [-0.1, -0.05) is 18.2 Å². The van der Waals surface area contributed by atoms with E-state index in [1.54, 1.807) is 18.0 Å². The standard InChI is InChI=1S/C17H22N4OS.ClH/c1-21-10-9-19-17(21)23-14-7-5-13(6-8-14)20-16(22)11-12-3-2-4-15(12)18;/h5-10,12,15H,2-4,11,18H2,1H3,(H,20,22);1H/t12-,15+;/m0./s1. The second-order valence-electron chi connectivity index (χ2n) is 6.05. The smallest absolute Gasteiger partial charge is 0.224 e. The van der Waals surface area contributed by atoms with Crippen molar-refractivity contribution in [1.29, 1.82) is 0 Å². The minimum atomic E-state index is 0. The van der Waals surface area contributed by atoms with Crippen LogP contribution in [0, 0.1) is 5.92 Å². The summed E-state index contributed by atoms with van der Waals surface area (Å²) >= 11 is 1.60. The maximum atomic E-state index is 12.1. The van der Waals surface area contributed by atoms with Crippen molar-refractivity contribution < 1.29 is 4.79 Å². The SMILES string of the molecule is Cl.Cn1ccnc1Sc1ccc(NC(=O)C[C@@H]2CCC[C@H]2N)cc1. The molecule has 3 rings (SSSR count). The summed E-state index contributed by atoms with van der Waals surface area (Å²) in [5.41, 5.74) is 6.85. The highest BCUT2D eigenvalue weighted by atomic mass is 35.5. The van der Waals surface area contributed by atoms with Crippen molar-refractivity contribution in [3.8, 4) is 0 Å². The van der Waals surface area contributed by atoms with Gasteiger partial charge in [0, 0.05) is 42.5 Å². The third-order valence-electron chi connectivity index (χ3n) is 4.29. The van der Waals surface area contributed by atoms with Crippen LogP contribution in [-0.4, -0.2) is 21.5 Å². The Balaban J connectivity index is 0.00000208. The van der Waals surface area contributed by atoms with Crippen LogP contribution in [0.25, 0.3) is 0 Å². The number of carbonyl (C=O) groups is 1. The summed E-state index contributed by atoms with van der Waals surface area (Å²) in [4.78, 5) is 17.5. The number of benzene rings is 1. The lowest BCUT2D eigenvalue weighted by atomic mass is 10.00. The number of aryl methyl sites for hydroxylation is 1. The van der Waals surface area contributed by atoms with Crippen LogP contribution in [-0.2, 0) is 11.8 Å². The average Bonchev–Trinajstić information content (AvgIpc) is 3.11. The fraction of sp³-hybridized carbons (Fsp3) is 0.412. The van der Waals surface area contributed by atoms with Gasteiger partial charge >= 0.3 is 0 Å². The number of aromatic nitrogens is 2. The topological polar surface area (TPSA) is 72.9 Å². The Hall–Kier alpha value is -1.50. The molecule has 0 spiro atoms. The maximum absolute atomic E-state index is 12.1. The van der Waals surface area contributed by atoms with E-state index < -0.39 is 0 Å². The third-order valence-corrected chi connectivity index (χ3v) is 5.37. The Bertz CT molecular complexity index is 673. The summed E-state index contributed by atoms with van der Waals surface area (Å²) in [6, 6.07) is 8.03. The third kappa shape index (κ3) is 4.75. The summed E-state index contributed by atoms with van der Waals surface area (Å²) < 4.78 is 1.98. The molecule has 0 unspecified atom stereocenters. The molecule has 1 heterocycles. The number of nitrogens with two attached hydrogens (primary N) is 1.